The molecule has 3 N–H and O–H groups in total. The molecule has 37 heavy (non-hydrogen) atoms. The molecule has 4 amide bonds. The first-order chi connectivity index (χ1) is 17.1. The van der Waals surface area contributed by atoms with Gasteiger partial charge in [0.25, 0.3) is 5.91 Å². The van der Waals surface area contributed by atoms with Crippen LogP contribution in [0.3, 0.4) is 0 Å². The van der Waals surface area contributed by atoms with Crippen LogP contribution in [0, 0.1) is 18.4 Å². The van der Waals surface area contributed by atoms with E-state index in [0.717, 1.165) is 0 Å². The van der Waals surface area contributed by atoms with Crippen molar-refractivity contribution in [3.8, 4) is 0 Å². The van der Waals surface area contributed by atoms with E-state index in [9.17, 15) is 19.2 Å². The van der Waals surface area contributed by atoms with Crippen molar-refractivity contribution in [3.63, 3.8) is 0 Å². The minimum Gasteiger partial charge on any atom is -0.504 e. The maximum absolute atomic E-state index is 13.7. The molecule has 1 aliphatic rings. The van der Waals surface area contributed by atoms with E-state index in [1.165, 1.54) is 23.5 Å². The Bertz CT molecular complexity index is 901. The summed E-state index contributed by atoms with van der Waals surface area (Å²) >= 11 is 0. The molecule has 206 valence electrons. The van der Waals surface area contributed by atoms with E-state index in [4.69, 9.17) is 4.74 Å². The SMILES string of the molecule is CC[CH-]NC(=O)C1CC(OCC)CN1C(=O)C(NC(=O)C(NC(=O)c1cnccn1)C(C)C)C(C)C.[W]. The van der Waals surface area contributed by atoms with Gasteiger partial charge < -0.3 is 25.6 Å². The summed E-state index contributed by atoms with van der Waals surface area (Å²) in [5, 5.41) is 8.25. The molecule has 1 aromatic heterocycles. The average molecular weight is 687 g/mol. The quantitative estimate of drug-likeness (QED) is 0.279. The monoisotopic (exact) mass is 687 g/mol. The second-order valence-electron chi connectivity index (χ2n) is 9.46. The predicted octanol–water partition coefficient (Wildman–Crippen LogP) is 1.06. The molecule has 1 fully saturated rings. The first kappa shape index (κ1) is 32.6. The summed E-state index contributed by atoms with van der Waals surface area (Å²) in [6, 6.07) is -2.49. The van der Waals surface area contributed by atoms with E-state index >= 15 is 0 Å². The normalized spacial score (nSPS) is 18.6. The molecule has 0 bridgehead atoms. The van der Waals surface area contributed by atoms with Gasteiger partial charge in [-0.3, -0.25) is 24.2 Å². The van der Waals surface area contributed by atoms with Gasteiger partial charge in [-0.05, 0) is 18.8 Å². The zero-order valence-corrected chi connectivity index (χ0v) is 25.3. The Hall–Kier alpha value is -2.39. The molecule has 1 aromatic rings. The Morgan fingerprint density at radius 2 is 1.76 bits per heavy atom. The summed E-state index contributed by atoms with van der Waals surface area (Å²) in [7, 11) is 0. The van der Waals surface area contributed by atoms with Crippen molar-refractivity contribution >= 4 is 23.6 Å². The van der Waals surface area contributed by atoms with Crippen LogP contribution in [0.25, 0.3) is 0 Å². The molecule has 0 aliphatic carbocycles. The summed E-state index contributed by atoms with van der Waals surface area (Å²) in [5.41, 5.74) is 0.0872. The number of aromatic nitrogens is 2. The molecule has 2 heterocycles. The molecule has 4 unspecified atom stereocenters. The molecule has 12 heteroatoms. The van der Waals surface area contributed by atoms with Crippen molar-refractivity contribution in [2.24, 2.45) is 11.8 Å². The van der Waals surface area contributed by atoms with Gasteiger partial charge in [-0.25, -0.2) is 11.5 Å². The van der Waals surface area contributed by atoms with Crippen LogP contribution >= 0.6 is 0 Å². The predicted molar refractivity (Wildman–Crippen MR) is 133 cm³/mol. The fraction of sp³-hybridized carbons (Fsp3) is 0.640. The van der Waals surface area contributed by atoms with E-state index in [2.05, 4.69) is 25.9 Å². The van der Waals surface area contributed by atoms with Crippen molar-refractivity contribution in [3.05, 3.63) is 30.8 Å². The number of rotatable bonds is 12. The first-order valence-electron chi connectivity index (χ1n) is 12.5. The molecule has 1 aliphatic heterocycles. The topological polar surface area (TPSA) is 143 Å². The number of nitrogens with zero attached hydrogens (tertiary/aromatic N) is 3. The second-order valence-corrected chi connectivity index (χ2v) is 9.46. The Kier molecular flexibility index (Phi) is 13.9. The molecule has 0 spiro atoms. The van der Waals surface area contributed by atoms with Gasteiger partial charge in [-0.2, -0.15) is 6.42 Å². The van der Waals surface area contributed by atoms with Crippen LogP contribution in [0.15, 0.2) is 18.6 Å². The smallest absolute Gasteiger partial charge is 0.272 e. The Morgan fingerprint density at radius 1 is 1.08 bits per heavy atom. The van der Waals surface area contributed by atoms with Crippen LogP contribution in [0.1, 0.15) is 64.9 Å². The standard InChI is InChI=1S/C25H39N6O5.W/c1-7-9-28-23(33)19-12-17(36-8-2)14-31(19)25(35)21(16(5)6)30-24(34)20(15(3)4)29-22(32)18-13-26-10-11-27-18;/h9-11,13,15-17,19-21H,7-8,12,14H2,1-6H3,(H,28,33)(H,29,32)(H,30,34);/q-1;. The largest absolute Gasteiger partial charge is 0.504 e. The van der Waals surface area contributed by atoms with Gasteiger partial charge in [0.2, 0.25) is 17.7 Å². The Labute approximate surface area is 233 Å². The molecule has 4 atom stereocenters. The number of carbonyl (C=O) groups is 4. The zero-order valence-electron chi connectivity index (χ0n) is 22.4. The van der Waals surface area contributed by atoms with Crippen molar-refractivity contribution in [2.75, 3.05) is 13.2 Å². The van der Waals surface area contributed by atoms with Gasteiger partial charge in [-0.1, -0.05) is 34.6 Å². The number of amides is 4. The fourth-order valence-corrected chi connectivity index (χ4v) is 4.05. The molecular weight excluding hydrogens is 648 g/mol. The third-order valence-corrected chi connectivity index (χ3v) is 5.96. The van der Waals surface area contributed by atoms with Gasteiger partial charge in [-0.15, -0.1) is 0 Å². The number of hydrogen-bond acceptors (Lipinski definition) is 7. The maximum Gasteiger partial charge on any atom is 0.272 e. The summed E-state index contributed by atoms with van der Waals surface area (Å²) in [5.74, 6) is -2.19. The number of hydrogen-bond donors (Lipinski definition) is 3. The van der Waals surface area contributed by atoms with Crippen LogP contribution in [0.4, 0.5) is 0 Å². The van der Waals surface area contributed by atoms with Gasteiger partial charge in [0, 0.05) is 53.0 Å². The van der Waals surface area contributed by atoms with Crippen molar-refractivity contribution in [2.45, 2.75) is 78.6 Å². The van der Waals surface area contributed by atoms with Crippen LogP contribution in [0.5, 0.6) is 0 Å². The van der Waals surface area contributed by atoms with Gasteiger partial charge in [0.15, 0.2) is 0 Å². The van der Waals surface area contributed by atoms with E-state index in [1.807, 2.05) is 27.7 Å². The summed E-state index contributed by atoms with van der Waals surface area (Å²) in [4.78, 5) is 61.7. The third kappa shape index (κ3) is 9.14. The van der Waals surface area contributed by atoms with Crippen molar-refractivity contribution in [1.29, 1.82) is 0 Å². The van der Waals surface area contributed by atoms with Crippen LogP contribution in [-0.4, -0.2) is 75.9 Å². The maximum atomic E-state index is 13.7. The van der Waals surface area contributed by atoms with E-state index < -0.39 is 29.9 Å². The Morgan fingerprint density at radius 3 is 2.30 bits per heavy atom. The van der Waals surface area contributed by atoms with E-state index in [-0.39, 0.29) is 63.1 Å². The molecule has 0 aromatic carbocycles. The average Bonchev–Trinajstić information content (AvgIpc) is 3.28. The fourth-order valence-electron chi connectivity index (χ4n) is 4.05. The molecule has 1 saturated heterocycles. The van der Waals surface area contributed by atoms with Crippen LogP contribution in [-0.2, 0) is 40.2 Å². The van der Waals surface area contributed by atoms with Gasteiger partial charge in [0.1, 0.15) is 23.8 Å². The number of carbonyl (C=O) groups excluding carboxylic acids is 4. The molecule has 0 saturated carbocycles. The second kappa shape index (κ2) is 15.8. The summed E-state index contributed by atoms with van der Waals surface area (Å²) in [6.07, 6.45) is 4.92. The van der Waals surface area contributed by atoms with Gasteiger partial charge >= 0.3 is 0 Å². The number of ether oxygens (including phenoxy) is 1. The molecule has 11 nitrogen and oxygen atoms in total. The molecular formula is C25H39N6O5W-. The van der Waals surface area contributed by atoms with E-state index in [0.29, 0.717) is 19.4 Å². The van der Waals surface area contributed by atoms with Crippen LogP contribution < -0.4 is 16.0 Å². The zero-order chi connectivity index (χ0) is 26.8. The van der Waals surface area contributed by atoms with Gasteiger partial charge in [0.05, 0.1) is 12.3 Å². The minimum absolute atomic E-state index is 0. The van der Waals surface area contributed by atoms with Crippen LogP contribution in [0.2, 0.25) is 0 Å². The Balaban J connectivity index is 0.00000684. The van der Waals surface area contributed by atoms with Crippen molar-refractivity contribution < 1.29 is 45.0 Å². The van der Waals surface area contributed by atoms with Crippen molar-refractivity contribution in [1.82, 2.24) is 30.8 Å². The van der Waals surface area contributed by atoms with E-state index in [1.54, 1.807) is 20.4 Å². The first-order valence-corrected chi connectivity index (χ1v) is 12.5. The summed E-state index contributed by atoms with van der Waals surface area (Å²) < 4.78 is 5.71. The number of likely N-dealkylation sites (tertiary alicyclic amines) is 1. The number of nitrogens with one attached hydrogen (secondary N) is 3. The summed E-state index contributed by atoms with van der Waals surface area (Å²) in [6.45, 7) is 13.4. The minimum atomic E-state index is -0.901. The molecule has 0 radical (unpaired) electrons. The third-order valence-electron chi connectivity index (χ3n) is 5.96. The molecule has 2 rings (SSSR count).